The lowest BCUT2D eigenvalue weighted by molar-refractivity contribution is -0.132. The first-order valence-corrected chi connectivity index (χ1v) is 7.20. The smallest absolute Gasteiger partial charge is 0.223 e. The maximum atomic E-state index is 12.3. The molecule has 2 rings (SSSR count). The molecule has 110 valence electrons. The third kappa shape index (κ3) is 3.73. The minimum absolute atomic E-state index is 0.0408. The predicted molar refractivity (Wildman–Crippen MR) is 77.8 cm³/mol. The highest BCUT2D eigenvalue weighted by molar-refractivity contribution is 5.77. The van der Waals surface area contributed by atoms with Crippen LogP contribution in [0.15, 0.2) is 24.3 Å². The molecule has 20 heavy (non-hydrogen) atoms. The van der Waals surface area contributed by atoms with Crippen molar-refractivity contribution in [2.24, 2.45) is 0 Å². The fourth-order valence-corrected chi connectivity index (χ4v) is 2.43. The summed E-state index contributed by atoms with van der Waals surface area (Å²) in [7, 11) is 1.64. The minimum Gasteiger partial charge on any atom is -0.497 e. The molecule has 1 N–H and O–H groups in total. The van der Waals surface area contributed by atoms with Crippen molar-refractivity contribution >= 4 is 5.91 Å². The van der Waals surface area contributed by atoms with Crippen LogP contribution in [0.25, 0.3) is 0 Å². The van der Waals surface area contributed by atoms with E-state index in [0.29, 0.717) is 19.0 Å². The van der Waals surface area contributed by atoms with Gasteiger partial charge >= 0.3 is 0 Å². The Kier molecular flexibility index (Phi) is 5.01. The summed E-state index contributed by atoms with van der Waals surface area (Å²) in [6.07, 6.45) is 2.63. The van der Waals surface area contributed by atoms with E-state index in [1.165, 1.54) is 0 Å². The van der Waals surface area contributed by atoms with Crippen LogP contribution >= 0.6 is 0 Å². The number of hydrogen-bond donors (Lipinski definition) is 1. The summed E-state index contributed by atoms with van der Waals surface area (Å²) in [6.45, 7) is 2.56. The number of benzene rings is 1. The maximum Gasteiger partial charge on any atom is 0.223 e. The second-order valence-electron chi connectivity index (χ2n) is 5.42. The Bertz CT molecular complexity index is 440. The van der Waals surface area contributed by atoms with Gasteiger partial charge in [0.05, 0.1) is 13.7 Å². The predicted octanol–water partition coefficient (Wildman–Crippen LogP) is 2.17. The molecule has 4 heteroatoms. The SMILES string of the molecule is COc1ccc(C(C)CC(=O)N(CCO)C2CC2)cc1. The lowest BCUT2D eigenvalue weighted by Crippen LogP contribution is -2.36. The molecule has 1 aromatic carbocycles. The van der Waals surface area contributed by atoms with E-state index in [1.807, 2.05) is 29.2 Å². The summed E-state index contributed by atoms with van der Waals surface area (Å²) < 4.78 is 5.14. The molecule has 1 aliphatic carbocycles. The van der Waals surface area contributed by atoms with Crippen molar-refractivity contribution in [3.63, 3.8) is 0 Å². The van der Waals surface area contributed by atoms with E-state index in [1.54, 1.807) is 7.11 Å². The van der Waals surface area contributed by atoms with Crippen molar-refractivity contribution in [3.05, 3.63) is 29.8 Å². The van der Waals surface area contributed by atoms with Crippen molar-refractivity contribution in [3.8, 4) is 5.75 Å². The number of aliphatic hydroxyl groups excluding tert-OH is 1. The lowest BCUT2D eigenvalue weighted by atomic mass is 9.97. The normalized spacial score (nSPS) is 15.8. The molecule has 1 unspecified atom stereocenters. The van der Waals surface area contributed by atoms with Crippen LogP contribution in [0.1, 0.15) is 37.7 Å². The van der Waals surface area contributed by atoms with Crippen molar-refractivity contribution < 1.29 is 14.6 Å². The van der Waals surface area contributed by atoms with E-state index in [0.717, 1.165) is 24.2 Å². The van der Waals surface area contributed by atoms with Gasteiger partial charge in [0.15, 0.2) is 0 Å². The number of carbonyl (C=O) groups is 1. The van der Waals surface area contributed by atoms with Gasteiger partial charge in [0.1, 0.15) is 5.75 Å². The third-order valence-corrected chi connectivity index (χ3v) is 3.81. The van der Waals surface area contributed by atoms with E-state index in [2.05, 4.69) is 6.92 Å². The molecule has 0 spiro atoms. The number of aliphatic hydroxyl groups is 1. The maximum absolute atomic E-state index is 12.3. The van der Waals surface area contributed by atoms with Gasteiger partial charge in [-0.15, -0.1) is 0 Å². The Morgan fingerprint density at radius 2 is 2.05 bits per heavy atom. The van der Waals surface area contributed by atoms with Crippen molar-refractivity contribution in [1.29, 1.82) is 0 Å². The number of methoxy groups -OCH3 is 1. The van der Waals surface area contributed by atoms with Gasteiger partial charge in [-0.2, -0.15) is 0 Å². The summed E-state index contributed by atoms with van der Waals surface area (Å²) in [5.74, 6) is 1.14. The largest absolute Gasteiger partial charge is 0.497 e. The van der Waals surface area contributed by atoms with Crippen LogP contribution in [0.3, 0.4) is 0 Å². The minimum atomic E-state index is 0.0408. The molecule has 0 aromatic heterocycles. The van der Waals surface area contributed by atoms with Gasteiger partial charge in [-0.05, 0) is 36.5 Å². The molecule has 1 fully saturated rings. The van der Waals surface area contributed by atoms with Gasteiger partial charge in [-0.25, -0.2) is 0 Å². The van der Waals surface area contributed by atoms with E-state index in [4.69, 9.17) is 9.84 Å². The van der Waals surface area contributed by atoms with Crippen molar-refractivity contribution in [2.75, 3.05) is 20.3 Å². The fourth-order valence-electron chi connectivity index (χ4n) is 2.43. The zero-order valence-electron chi connectivity index (χ0n) is 12.2. The molecule has 0 radical (unpaired) electrons. The van der Waals surface area contributed by atoms with Gasteiger partial charge in [0.2, 0.25) is 5.91 Å². The first kappa shape index (κ1) is 14.9. The number of rotatable bonds is 7. The van der Waals surface area contributed by atoms with E-state index < -0.39 is 0 Å². The summed E-state index contributed by atoms with van der Waals surface area (Å²) in [5, 5.41) is 9.06. The third-order valence-electron chi connectivity index (χ3n) is 3.81. The lowest BCUT2D eigenvalue weighted by Gasteiger charge is -2.23. The van der Waals surface area contributed by atoms with E-state index in [9.17, 15) is 4.79 Å². The van der Waals surface area contributed by atoms with Gasteiger partial charge in [-0.1, -0.05) is 19.1 Å². The molecule has 0 bridgehead atoms. The second-order valence-corrected chi connectivity index (χ2v) is 5.42. The molecule has 0 saturated heterocycles. The van der Waals surface area contributed by atoms with Crippen molar-refractivity contribution in [2.45, 2.75) is 38.1 Å². The highest BCUT2D eigenvalue weighted by atomic mass is 16.5. The van der Waals surface area contributed by atoms with Gasteiger partial charge in [0.25, 0.3) is 0 Å². The zero-order valence-corrected chi connectivity index (χ0v) is 12.2. The van der Waals surface area contributed by atoms with Gasteiger partial charge < -0.3 is 14.7 Å². The number of amides is 1. The van der Waals surface area contributed by atoms with Gasteiger partial charge in [-0.3, -0.25) is 4.79 Å². The standard InChI is InChI=1S/C16H23NO3/c1-12(13-3-7-15(20-2)8-4-13)11-16(19)17(9-10-18)14-5-6-14/h3-4,7-8,12,14,18H,5-6,9-11H2,1-2H3. The number of ether oxygens (including phenoxy) is 1. The van der Waals surface area contributed by atoms with Crippen LogP contribution in [0.5, 0.6) is 5.75 Å². The van der Waals surface area contributed by atoms with Crippen LogP contribution in [0, 0.1) is 0 Å². The molecule has 0 heterocycles. The molecule has 1 amide bonds. The van der Waals surface area contributed by atoms with Crippen LogP contribution < -0.4 is 4.74 Å². The molecule has 1 saturated carbocycles. The number of nitrogens with zero attached hydrogens (tertiary/aromatic N) is 1. The highest BCUT2D eigenvalue weighted by Crippen LogP contribution is 2.29. The zero-order chi connectivity index (χ0) is 14.5. The summed E-state index contributed by atoms with van der Waals surface area (Å²) in [4.78, 5) is 14.1. The van der Waals surface area contributed by atoms with E-state index in [-0.39, 0.29) is 18.4 Å². The summed E-state index contributed by atoms with van der Waals surface area (Å²) in [6, 6.07) is 8.21. The monoisotopic (exact) mass is 277 g/mol. The molecule has 0 aliphatic heterocycles. The number of hydrogen-bond acceptors (Lipinski definition) is 3. The molecule has 4 nitrogen and oxygen atoms in total. The Morgan fingerprint density at radius 1 is 1.40 bits per heavy atom. The molecular weight excluding hydrogens is 254 g/mol. The quantitative estimate of drug-likeness (QED) is 0.831. The Balaban J connectivity index is 1.94. The first-order valence-electron chi connectivity index (χ1n) is 7.20. The van der Waals surface area contributed by atoms with Crippen LogP contribution in [0.4, 0.5) is 0 Å². The van der Waals surface area contributed by atoms with Gasteiger partial charge in [0, 0.05) is 19.0 Å². The Labute approximate surface area is 120 Å². The summed E-state index contributed by atoms with van der Waals surface area (Å²) >= 11 is 0. The van der Waals surface area contributed by atoms with Crippen LogP contribution in [-0.2, 0) is 4.79 Å². The molecule has 1 aliphatic rings. The topological polar surface area (TPSA) is 49.8 Å². The number of carbonyl (C=O) groups excluding carboxylic acids is 1. The summed E-state index contributed by atoms with van der Waals surface area (Å²) in [5.41, 5.74) is 1.14. The highest BCUT2D eigenvalue weighted by Gasteiger charge is 2.32. The van der Waals surface area contributed by atoms with Crippen LogP contribution in [-0.4, -0.2) is 42.2 Å². The molecule has 1 atom stereocenters. The van der Waals surface area contributed by atoms with Crippen LogP contribution in [0.2, 0.25) is 0 Å². The second kappa shape index (κ2) is 6.75. The molecule has 1 aromatic rings. The Hall–Kier alpha value is -1.55. The molecular formula is C16H23NO3. The average molecular weight is 277 g/mol. The van der Waals surface area contributed by atoms with Crippen molar-refractivity contribution in [1.82, 2.24) is 4.90 Å². The fraction of sp³-hybridized carbons (Fsp3) is 0.562. The average Bonchev–Trinajstić information content (AvgIpc) is 3.29. The Morgan fingerprint density at radius 3 is 2.55 bits per heavy atom. The van der Waals surface area contributed by atoms with E-state index >= 15 is 0 Å². The first-order chi connectivity index (χ1) is 9.65.